The number of nitrogens with one attached hydrogen (secondary N) is 1. The average molecular weight is 427 g/mol. The van der Waals surface area contributed by atoms with E-state index in [0.717, 1.165) is 11.8 Å². The van der Waals surface area contributed by atoms with Gasteiger partial charge in [0.05, 0.1) is 18.1 Å². The first-order valence-electron chi connectivity index (χ1n) is 9.32. The molecule has 0 spiro atoms. The molecule has 8 nitrogen and oxygen atoms in total. The number of hydrogen-bond acceptors (Lipinski definition) is 6. The molecule has 1 aliphatic heterocycles. The van der Waals surface area contributed by atoms with E-state index in [1.54, 1.807) is 18.2 Å². The van der Waals surface area contributed by atoms with E-state index in [1.807, 2.05) is 18.2 Å². The van der Waals surface area contributed by atoms with Gasteiger partial charge in [-0.3, -0.25) is 0 Å². The smallest absolute Gasteiger partial charge is 0.241 e. The number of benzene rings is 2. The molecule has 1 unspecified atom stereocenters. The molecule has 3 N–H and O–H groups in total. The molecule has 0 fully saturated rings. The molecule has 1 atom stereocenters. The summed E-state index contributed by atoms with van der Waals surface area (Å²) in [6.07, 6.45) is 1.96. The predicted octanol–water partition coefficient (Wildman–Crippen LogP) is 3.11. The fraction of sp³-hybridized carbons (Fsp3) is 0.190. The summed E-state index contributed by atoms with van der Waals surface area (Å²) >= 11 is 0. The summed E-state index contributed by atoms with van der Waals surface area (Å²) in [7, 11) is -3.99. The highest BCUT2D eigenvalue weighted by atomic mass is 32.2. The lowest BCUT2D eigenvalue weighted by atomic mass is 10.2. The highest BCUT2D eigenvalue weighted by Crippen LogP contribution is 2.32. The summed E-state index contributed by atoms with van der Waals surface area (Å²) in [6.45, 7) is 4.49. The minimum atomic E-state index is -3.99. The van der Waals surface area contributed by atoms with Crippen LogP contribution in [0.5, 0.6) is 11.5 Å². The number of rotatable bonds is 6. The molecule has 1 aromatic heterocycles. The Balaban J connectivity index is 1.70. The van der Waals surface area contributed by atoms with Crippen LogP contribution in [0.3, 0.4) is 0 Å². The van der Waals surface area contributed by atoms with Crippen LogP contribution in [0.25, 0.3) is 11.0 Å². The van der Waals surface area contributed by atoms with Crippen molar-refractivity contribution in [3.8, 4) is 11.5 Å². The third-order valence-electron chi connectivity index (χ3n) is 4.57. The molecular weight excluding hydrogens is 406 g/mol. The van der Waals surface area contributed by atoms with Crippen LogP contribution in [0.2, 0.25) is 0 Å². The third kappa shape index (κ3) is 4.03. The lowest BCUT2D eigenvalue weighted by molar-refractivity contribution is 0.297. The van der Waals surface area contributed by atoms with Gasteiger partial charge < -0.3 is 19.6 Å². The fourth-order valence-corrected chi connectivity index (χ4v) is 4.32. The van der Waals surface area contributed by atoms with Crippen molar-refractivity contribution in [3.05, 3.63) is 67.1 Å². The highest BCUT2D eigenvalue weighted by molar-refractivity contribution is 7.89. The van der Waals surface area contributed by atoms with Crippen LogP contribution in [0.4, 0.5) is 0 Å². The molecule has 30 heavy (non-hydrogen) atoms. The molecule has 0 radical (unpaired) electrons. The van der Waals surface area contributed by atoms with Crippen molar-refractivity contribution in [2.75, 3.05) is 13.2 Å². The molecular formula is C21H21N3O5S. The summed E-state index contributed by atoms with van der Waals surface area (Å²) in [6, 6.07) is 12.5. The normalized spacial score (nSPS) is 15.5. The quantitative estimate of drug-likeness (QED) is 0.461. The van der Waals surface area contributed by atoms with Crippen LogP contribution in [0.15, 0.2) is 75.6 Å². The number of nitrogens with two attached hydrogens (primary N) is 1. The van der Waals surface area contributed by atoms with Crippen LogP contribution < -0.4 is 19.9 Å². The first-order valence-corrected chi connectivity index (χ1v) is 10.8. The molecule has 0 aliphatic carbocycles. The number of ether oxygens (including phenoxy) is 2. The maximum Gasteiger partial charge on any atom is 0.241 e. The van der Waals surface area contributed by atoms with Gasteiger partial charge in [-0.15, -0.1) is 0 Å². The van der Waals surface area contributed by atoms with Gasteiger partial charge in [0.2, 0.25) is 10.0 Å². The Morgan fingerprint density at radius 1 is 1.13 bits per heavy atom. The molecule has 1 aliphatic rings. The highest BCUT2D eigenvalue weighted by Gasteiger charge is 2.28. The van der Waals surface area contributed by atoms with Crippen molar-refractivity contribution < 1.29 is 22.3 Å². The summed E-state index contributed by atoms with van der Waals surface area (Å²) < 4.78 is 45.8. The van der Waals surface area contributed by atoms with Crippen molar-refractivity contribution in [2.45, 2.75) is 17.4 Å². The first kappa shape index (κ1) is 20.0. The SMILES string of the molecule is C=CN=C(N)C(NS(=O)(=O)c1ccc2c(c1)OCCCO2)c1cc2ccccc2o1. The van der Waals surface area contributed by atoms with Crippen molar-refractivity contribution >= 4 is 26.8 Å². The van der Waals surface area contributed by atoms with E-state index in [2.05, 4.69) is 16.3 Å². The molecule has 0 saturated heterocycles. The Labute approximate surface area is 174 Å². The van der Waals surface area contributed by atoms with Gasteiger partial charge in [-0.2, -0.15) is 4.72 Å². The molecule has 156 valence electrons. The standard InChI is InChI=1S/C21H21N3O5S/c1-2-23-21(22)20(19-12-14-6-3-4-7-16(14)29-19)24-30(25,26)15-8-9-17-18(13-15)28-11-5-10-27-17/h2-4,6-9,12-13,20,24H,1,5,10-11H2,(H2,22,23). The van der Waals surface area contributed by atoms with E-state index in [4.69, 9.17) is 19.6 Å². The second kappa shape index (κ2) is 8.21. The van der Waals surface area contributed by atoms with Crippen molar-refractivity contribution in [3.63, 3.8) is 0 Å². The van der Waals surface area contributed by atoms with E-state index >= 15 is 0 Å². The number of fused-ring (bicyclic) bond motifs is 2. The van der Waals surface area contributed by atoms with E-state index in [9.17, 15) is 8.42 Å². The minimum absolute atomic E-state index is 0.00183. The van der Waals surface area contributed by atoms with Crippen molar-refractivity contribution in [1.29, 1.82) is 0 Å². The van der Waals surface area contributed by atoms with Gasteiger partial charge in [-0.05, 0) is 24.3 Å². The van der Waals surface area contributed by atoms with Gasteiger partial charge >= 0.3 is 0 Å². The lowest BCUT2D eigenvalue weighted by Gasteiger charge is -2.17. The summed E-state index contributed by atoms with van der Waals surface area (Å²) in [5.41, 5.74) is 6.66. The molecule has 9 heteroatoms. The molecule has 0 bridgehead atoms. The molecule has 0 amide bonds. The largest absolute Gasteiger partial charge is 0.490 e. The molecule has 0 saturated carbocycles. The zero-order valence-electron chi connectivity index (χ0n) is 16.1. The first-order chi connectivity index (χ1) is 14.5. The maximum atomic E-state index is 13.1. The number of hydrogen-bond donors (Lipinski definition) is 2. The number of sulfonamides is 1. The Morgan fingerprint density at radius 3 is 2.67 bits per heavy atom. The average Bonchev–Trinajstić information content (AvgIpc) is 3.02. The zero-order chi connectivity index (χ0) is 21.1. The fourth-order valence-electron chi connectivity index (χ4n) is 3.12. The second-order valence-electron chi connectivity index (χ2n) is 6.64. The van der Waals surface area contributed by atoms with Crippen LogP contribution in [-0.4, -0.2) is 27.5 Å². The van der Waals surface area contributed by atoms with Crippen LogP contribution >= 0.6 is 0 Å². The van der Waals surface area contributed by atoms with Crippen LogP contribution in [0.1, 0.15) is 18.2 Å². The molecule has 3 aromatic rings. The summed E-state index contributed by atoms with van der Waals surface area (Å²) in [5, 5.41) is 0.818. The summed E-state index contributed by atoms with van der Waals surface area (Å²) in [4.78, 5) is 3.97. The number of aliphatic imine (C=N–C) groups is 1. The van der Waals surface area contributed by atoms with E-state index in [0.29, 0.717) is 36.1 Å². The van der Waals surface area contributed by atoms with Gasteiger partial charge in [0, 0.05) is 24.1 Å². The molecule has 4 rings (SSSR count). The van der Waals surface area contributed by atoms with Crippen LogP contribution in [0, 0.1) is 0 Å². The number of nitrogens with zero attached hydrogens (tertiary/aromatic N) is 1. The third-order valence-corrected chi connectivity index (χ3v) is 5.99. The minimum Gasteiger partial charge on any atom is -0.490 e. The van der Waals surface area contributed by atoms with Gasteiger partial charge in [-0.25, -0.2) is 13.4 Å². The number of amidine groups is 1. The Morgan fingerprint density at radius 2 is 1.90 bits per heavy atom. The van der Waals surface area contributed by atoms with Gasteiger partial charge in [0.15, 0.2) is 11.5 Å². The topological polar surface area (TPSA) is 116 Å². The second-order valence-corrected chi connectivity index (χ2v) is 8.35. The molecule has 2 aromatic carbocycles. The van der Waals surface area contributed by atoms with Crippen LogP contribution in [-0.2, 0) is 10.0 Å². The Hall–Kier alpha value is -3.30. The van der Waals surface area contributed by atoms with E-state index < -0.39 is 16.1 Å². The predicted molar refractivity (Wildman–Crippen MR) is 113 cm³/mol. The van der Waals surface area contributed by atoms with Gasteiger partial charge in [0.25, 0.3) is 0 Å². The molecule has 2 heterocycles. The number of furan rings is 1. The number of para-hydroxylation sites is 1. The maximum absolute atomic E-state index is 13.1. The Kier molecular flexibility index (Phi) is 5.47. The van der Waals surface area contributed by atoms with E-state index in [-0.39, 0.29) is 10.7 Å². The zero-order valence-corrected chi connectivity index (χ0v) is 16.9. The van der Waals surface area contributed by atoms with Gasteiger partial charge in [-0.1, -0.05) is 24.8 Å². The van der Waals surface area contributed by atoms with Crippen molar-refractivity contribution in [1.82, 2.24) is 4.72 Å². The monoisotopic (exact) mass is 427 g/mol. The van der Waals surface area contributed by atoms with Gasteiger partial charge in [0.1, 0.15) is 23.2 Å². The Bertz CT molecular complexity index is 1180. The summed E-state index contributed by atoms with van der Waals surface area (Å²) in [5.74, 6) is 1.20. The lowest BCUT2D eigenvalue weighted by Crippen LogP contribution is -2.37. The van der Waals surface area contributed by atoms with E-state index in [1.165, 1.54) is 18.3 Å². The van der Waals surface area contributed by atoms with Crippen molar-refractivity contribution in [2.24, 2.45) is 10.7 Å².